The van der Waals surface area contributed by atoms with Crippen LogP contribution < -0.4 is 5.14 Å². The van der Waals surface area contributed by atoms with Gasteiger partial charge in [-0.1, -0.05) is 16.4 Å². The van der Waals surface area contributed by atoms with Crippen LogP contribution in [0.5, 0.6) is 0 Å². The van der Waals surface area contributed by atoms with Gasteiger partial charge in [-0.15, -0.1) is 0 Å². The highest BCUT2D eigenvalue weighted by molar-refractivity contribution is 9.10. The summed E-state index contributed by atoms with van der Waals surface area (Å²) in [6.07, 6.45) is 0.619. The number of nitrogens with two attached hydrogens (primary N) is 1. The third-order valence-corrected chi connectivity index (χ3v) is 4.61. The van der Waals surface area contributed by atoms with E-state index in [1.54, 1.807) is 12.1 Å². The number of halogens is 2. The molecule has 0 spiro atoms. The van der Waals surface area contributed by atoms with E-state index in [9.17, 15) is 18.0 Å². The van der Waals surface area contributed by atoms with Crippen LogP contribution in [0.25, 0.3) is 0 Å². The van der Waals surface area contributed by atoms with Crippen LogP contribution in [0, 0.1) is 5.82 Å². The van der Waals surface area contributed by atoms with Crippen LogP contribution in [0.2, 0.25) is 0 Å². The minimum atomic E-state index is -3.57. The summed E-state index contributed by atoms with van der Waals surface area (Å²) in [7, 11) is -3.57. The summed E-state index contributed by atoms with van der Waals surface area (Å²) in [4.78, 5) is 0. The highest BCUT2D eigenvalue weighted by Crippen LogP contribution is 2.19. The number of primary sulfonamides is 1. The molecule has 0 bridgehead atoms. The van der Waals surface area contributed by atoms with Gasteiger partial charge in [0.15, 0.2) is 5.69 Å². The Bertz CT molecular complexity index is 853. The van der Waals surface area contributed by atoms with Crippen molar-refractivity contribution in [1.29, 1.82) is 0 Å². The minimum Gasteiger partial charge on any atom is -0.411 e. The van der Waals surface area contributed by atoms with E-state index in [0.717, 1.165) is 0 Å². The molecule has 0 amide bonds. The number of aryl methyl sites for hydroxylation is 1. The lowest BCUT2D eigenvalue weighted by atomic mass is 10.0. The average Bonchev–Trinajstić information content (AvgIpc) is 2.95. The monoisotopic (exact) mass is 420 g/mol. The molecule has 2 rings (SSSR count). The van der Waals surface area contributed by atoms with E-state index in [0.29, 0.717) is 11.3 Å². The Morgan fingerprint density at radius 1 is 1.42 bits per heavy atom. The summed E-state index contributed by atoms with van der Waals surface area (Å²) in [6, 6.07) is 4.37. The average molecular weight is 421 g/mol. The van der Waals surface area contributed by atoms with E-state index in [4.69, 9.17) is 5.14 Å². The van der Waals surface area contributed by atoms with Crippen molar-refractivity contribution >= 4 is 31.7 Å². The zero-order chi connectivity index (χ0) is 17.7. The Labute approximate surface area is 145 Å². The summed E-state index contributed by atoms with van der Waals surface area (Å²) in [6.45, 7) is 0. The van der Waals surface area contributed by atoms with Gasteiger partial charge in [-0.2, -0.15) is 0 Å². The number of sulfonamides is 1. The number of nitrogens with zero attached hydrogens (tertiary/aromatic N) is 3. The largest absolute Gasteiger partial charge is 0.411 e. The molecule has 0 saturated heterocycles. The Morgan fingerprint density at radius 2 is 2.17 bits per heavy atom. The van der Waals surface area contributed by atoms with Gasteiger partial charge in [0.25, 0.3) is 0 Å². The first-order chi connectivity index (χ1) is 11.3. The molecular weight excluding hydrogens is 407 g/mol. The number of rotatable bonds is 7. The van der Waals surface area contributed by atoms with E-state index in [1.807, 2.05) is 0 Å². The lowest BCUT2D eigenvalue weighted by Crippen LogP contribution is -2.17. The first kappa shape index (κ1) is 18.5. The van der Waals surface area contributed by atoms with E-state index in [-0.39, 0.29) is 40.9 Å². The maximum atomic E-state index is 13.3. The first-order valence-corrected chi connectivity index (χ1v) is 9.28. The third-order valence-electron chi connectivity index (χ3n) is 3.15. The normalized spacial score (nSPS) is 12.5. The van der Waals surface area contributed by atoms with Crippen molar-refractivity contribution in [3.8, 4) is 0 Å². The Morgan fingerprint density at radius 3 is 2.79 bits per heavy atom. The fraction of sp³-hybridized carbons (Fsp3) is 0.308. The van der Waals surface area contributed by atoms with Gasteiger partial charge in [-0.05, 0) is 51.6 Å². The molecule has 0 aliphatic rings. The molecule has 0 fully saturated rings. The fourth-order valence-electron chi connectivity index (χ4n) is 2.04. The number of hydrogen-bond donors (Lipinski definition) is 2. The van der Waals surface area contributed by atoms with E-state index in [1.165, 1.54) is 6.07 Å². The number of benzene rings is 1. The van der Waals surface area contributed by atoms with Crippen molar-refractivity contribution < 1.29 is 22.6 Å². The van der Waals surface area contributed by atoms with Crippen molar-refractivity contribution in [1.82, 2.24) is 10.3 Å². The van der Waals surface area contributed by atoms with Crippen molar-refractivity contribution in [3.05, 3.63) is 45.4 Å². The highest BCUT2D eigenvalue weighted by atomic mass is 79.9. The molecule has 130 valence electrons. The Kier molecular flexibility index (Phi) is 6.02. The molecule has 0 radical (unpaired) electrons. The summed E-state index contributed by atoms with van der Waals surface area (Å²) < 4.78 is 40.1. The molecule has 0 aliphatic heterocycles. The van der Waals surface area contributed by atoms with Crippen molar-refractivity contribution in [2.24, 2.45) is 10.3 Å². The molecule has 2 aromatic rings. The topological polar surface area (TPSA) is 132 Å². The molecule has 0 saturated carbocycles. The van der Waals surface area contributed by atoms with E-state index in [2.05, 4.69) is 36.0 Å². The Balaban J connectivity index is 2.14. The lowest BCUT2D eigenvalue weighted by molar-refractivity contribution is 0.300. The van der Waals surface area contributed by atoms with Crippen LogP contribution in [0.4, 0.5) is 4.39 Å². The van der Waals surface area contributed by atoms with Crippen LogP contribution >= 0.6 is 15.9 Å². The molecule has 1 aromatic heterocycles. The summed E-state index contributed by atoms with van der Waals surface area (Å²) >= 11 is 3.08. The Hall–Kier alpha value is -1.85. The maximum absolute atomic E-state index is 13.3. The molecule has 0 aliphatic carbocycles. The number of oxime groups is 1. The van der Waals surface area contributed by atoms with E-state index < -0.39 is 15.8 Å². The van der Waals surface area contributed by atoms with Crippen LogP contribution in [0.15, 0.2) is 32.5 Å². The summed E-state index contributed by atoms with van der Waals surface area (Å²) in [5.74, 6) is -0.622. The van der Waals surface area contributed by atoms with Gasteiger partial charge in [-0.3, -0.25) is 0 Å². The quantitative estimate of drug-likeness (QED) is 0.397. The number of aromatic nitrogens is 2. The SMILES string of the molecule is NS(=O)(=O)CCCc1nonc1/C(Cc1ccc(F)c(Br)c1)=N/O. The van der Waals surface area contributed by atoms with Crippen molar-refractivity contribution in [3.63, 3.8) is 0 Å². The third kappa shape index (κ3) is 5.08. The van der Waals surface area contributed by atoms with Crippen LogP contribution in [0.1, 0.15) is 23.4 Å². The van der Waals surface area contributed by atoms with Crippen molar-refractivity contribution in [2.75, 3.05) is 5.75 Å². The second kappa shape index (κ2) is 7.81. The first-order valence-electron chi connectivity index (χ1n) is 6.77. The molecular formula is C13H14BrFN4O4S. The molecule has 24 heavy (non-hydrogen) atoms. The van der Waals surface area contributed by atoms with Gasteiger partial charge in [0.1, 0.15) is 17.2 Å². The fourth-order valence-corrected chi connectivity index (χ4v) is 3.01. The minimum absolute atomic E-state index is 0.159. The zero-order valence-electron chi connectivity index (χ0n) is 12.3. The van der Waals surface area contributed by atoms with Gasteiger partial charge < -0.3 is 5.21 Å². The predicted molar refractivity (Wildman–Crippen MR) is 86.7 cm³/mol. The standard InChI is InChI=1S/C13H14BrFN4O4S/c14-9-6-8(3-4-10(9)15)7-12(17-20)13-11(18-23-19-13)2-1-5-24(16,21)22/h3-4,6,20H,1-2,5,7H2,(H2,16,21,22)/b17-12+. The molecule has 1 heterocycles. The smallest absolute Gasteiger partial charge is 0.209 e. The van der Waals surface area contributed by atoms with E-state index >= 15 is 0 Å². The predicted octanol–water partition coefficient (Wildman–Crippen LogP) is 1.61. The number of hydrogen-bond acceptors (Lipinski definition) is 7. The molecule has 8 nitrogen and oxygen atoms in total. The molecule has 3 N–H and O–H groups in total. The maximum Gasteiger partial charge on any atom is 0.209 e. The second-order valence-corrected chi connectivity index (χ2v) is 7.59. The van der Waals surface area contributed by atoms with Crippen LogP contribution in [-0.2, 0) is 22.9 Å². The molecule has 0 atom stereocenters. The molecule has 0 unspecified atom stereocenters. The molecule has 1 aromatic carbocycles. The van der Waals surface area contributed by atoms with Crippen molar-refractivity contribution in [2.45, 2.75) is 19.3 Å². The van der Waals surface area contributed by atoms with Crippen LogP contribution in [-0.4, -0.2) is 35.4 Å². The van der Waals surface area contributed by atoms with Gasteiger partial charge >= 0.3 is 0 Å². The van der Waals surface area contributed by atoms with Gasteiger partial charge in [0.05, 0.1) is 10.2 Å². The molecule has 11 heteroatoms. The van der Waals surface area contributed by atoms with Crippen LogP contribution in [0.3, 0.4) is 0 Å². The van der Waals surface area contributed by atoms with Gasteiger partial charge in [0.2, 0.25) is 10.0 Å². The highest BCUT2D eigenvalue weighted by Gasteiger charge is 2.18. The lowest BCUT2D eigenvalue weighted by Gasteiger charge is -2.04. The second-order valence-electron chi connectivity index (χ2n) is 5.00. The zero-order valence-corrected chi connectivity index (χ0v) is 14.7. The van der Waals surface area contributed by atoms with Gasteiger partial charge in [-0.25, -0.2) is 22.6 Å². The summed E-state index contributed by atoms with van der Waals surface area (Å²) in [5.41, 5.74) is 1.41. The van der Waals surface area contributed by atoms with Gasteiger partial charge in [0, 0.05) is 6.42 Å². The summed E-state index contributed by atoms with van der Waals surface area (Å²) in [5, 5.41) is 24.8.